The van der Waals surface area contributed by atoms with Gasteiger partial charge >= 0.3 is 0 Å². The molecule has 9 heteroatoms. The smallest absolute Gasteiger partial charge is 0.278 e. The van der Waals surface area contributed by atoms with Gasteiger partial charge in [0.25, 0.3) is 11.5 Å². The molecule has 1 N–H and O–H groups in total. The lowest BCUT2D eigenvalue weighted by atomic mass is 10.1. The molecule has 2 aromatic carbocycles. The van der Waals surface area contributed by atoms with Crippen molar-refractivity contribution in [2.45, 2.75) is 13.8 Å². The fourth-order valence-corrected chi connectivity index (χ4v) is 3.07. The van der Waals surface area contributed by atoms with Gasteiger partial charge in [-0.2, -0.15) is 0 Å². The second kappa shape index (κ2) is 9.09. The standard InChI is InChI=1S/C22H23ClN6O2/c1-13-12-15(28(3)4)10-11-17(13)24-19(20-27-26-14(2)22(31)29(20)5)21(30)25-18-9-7-6-8-16(18)23/h6-12H,1-5H3,(H,25,30). The third-order valence-corrected chi connectivity index (χ3v) is 5.03. The second-order valence-electron chi connectivity index (χ2n) is 7.23. The Morgan fingerprint density at radius 3 is 2.48 bits per heavy atom. The second-order valence-corrected chi connectivity index (χ2v) is 7.64. The van der Waals surface area contributed by atoms with Crippen molar-refractivity contribution in [1.82, 2.24) is 14.8 Å². The molecule has 0 radical (unpaired) electrons. The highest BCUT2D eigenvalue weighted by atomic mass is 35.5. The van der Waals surface area contributed by atoms with Gasteiger partial charge in [-0.3, -0.25) is 14.2 Å². The average molecular weight is 439 g/mol. The van der Waals surface area contributed by atoms with Crippen LogP contribution in [-0.2, 0) is 11.8 Å². The van der Waals surface area contributed by atoms with Crippen molar-refractivity contribution in [3.63, 3.8) is 0 Å². The minimum absolute atomic E-state index is 0.0484. The van der Waals surface area contributed by atoms with Crippen molar-refractivity contribution in [3.05, 3.63) is 74.9 Å². The molecule has 0 aliphatic carbocycles. The number of aromatic nitrogens is 3. The fraction of sp³-hybridized carbons (Fsp3) is 0.227. The van der Waals surface area contributed by atoms with Gasteiger partial charge in [-0.15, -0.1) is 10.2 Å². The van der Waals surface area contributed by atoms with Crippen LogP contribution in [-0.4, -0.2) is 40.5 Å². The van der Waals surface area contributed by atoms with E-state index in [2.05, 4.69) is 20.5 Å². The first kappa shape index (κ1) is 22.2. The zero-order valence-electron chi connectivity index (χ0n) is 18.0. The van der Waals surface area contributed by atoms with Crippen molar-refractivity contribution < 1.29 is 4.79 Å². The number of aryl methyl sites for hydroxylation is 2. The van der Waals surface area contributed by atoms with E-state index >= 15 is 0 Å². The molecule has 0 fully saturated rings. The minimum Gasteiger partial charge on any atom is -0.378 e. The number of rotatable bonds is 5. The fourth-order valence-electron chi connectivity index (χ4n) is 2.89. The number of carbonyl (C=O) groups is 1. The van der Waals surface area contributed by atoms with E-state index in [0.29, 0.717) is 16.4 Å². The Bertz CT molecular complexity index is 1230. The van der Waals surface area contributed by atoms with Crippen LogP contribution >= 0.6 is 11.6 Å². The molecule has 1 heterocycles. The molecule has 0 atom stereocenters. The number of para-hydroxylation sites is 1. The summed E-state index contributed by atoms with van der Waals surface area (Å²) < 4.78 is 1.26. The van der Waals surface area contributed by atoms with E-state index in [0.717, 1.165) is 11.3 Å². The molecule has 31 heavy (non-hydrogen) atoms. The number of hydrogen-bond donors (Lipinski definition) is 1. The van der Waals surface area contributed by atoms with Gasteiger partial charge in [-0.25, -0.2) is 4.99 Å². The van der Waals surface area contributed by atoms with Gasteiger partial charge in [-0.1, -0.05) is 23.7 Å². The third kappa shape index (κ3) is 4.80. The molecule has 0 aliphatic rings. The largest absolute Gasteiger partial charge is 0.378 e. The van der Waals surface area contributed by atoms with Crippen LogP contribution in [0.3, 0.4) is 0 Å². The van der Waals surface area contributed by atoms with Crippen molar-refractivity contribution in [1.29, 1.82) is 0 Å². The Morgan fingerprint density at radius 1 is 1.13 bits per heavy atom. The first-order chi connectivity index (χ1) is 14.7. The van der Waals surface area contributed by atoms with Gasteiger partial charge in [0.2, 0.25) is 0 Å². The summed E-state index contributed by atoms with van der Waals surface area (Å²) >= 11 is 6.19. The molecule has 0 saturated carbocycles. The Kier molecular flexibility index (Phi) is 6.50. The highest BCUT2D eigenvalue weighted by Crippen LogP contribution is 2.25. The zero-order chi connectivity index (χ0) is 22.7. The lowest BCUT2D eigenvalue weighted by Crippen LogP contribution is -2.34. The van der Waals surface area contributed by atoms with E-state index in [-0.39, 0.29) is 22.8 Å². The maximum Gasteiger partial charge on any atom is 0.278 e. The highest BCUT2D eigenvalue weighted by molar-refractivity contribution is 6.49. The monoisotopic (exact) mass is 438 g/mol. The average Bonchev–Trinajstić information content (AvgIpc) is 2.73. The van der Waals surface area contributed by atoms with E-state index in [4.69, 9.17) is 11.6 Å². The lowest BCUT2D eigenvalue weighted by Gasteiger charge is -2.15. The number of hydrogen-bond acceptors (Lipinski definition) is 6. The molecular formula is C22H23ClN6O2. The number of benzene rings is 2. The number of carbonyl (C=O) groups excluding carboxylic acids is 1. The van der Waals surface area contributed by atoms with E-state index in [1.807, 2.05) is 44.1 Å². The molecule has 1 aromatic heterocycles. The number of nitrogens with one attached hydrogen (secondary N) is 1. The topological polar surface area (TPSA) is 92.5 Å². The van der Waals surface area contributed by atoms with Crippen molar-refractivity contribution in [2.75, 3.05) is 24.3 Å². The maximum absolute atomic E-state index is 13.2. The van der Waals surface area contributed by atoms with Gasteiger partial charge in [0, 0.05) is 26.8 Å². The van der Waals surface area contributed by atoms with Gasteiger partial charge in [-0.05, 0) is 49.7 Å². The van der Waals surface area contributed by atoms with E-state index < -0.39 is 5.91 Å². The van der Waals surface area contributed by atoms with Crippen LogP contribution in [0.25, 0.3) is 0 Å². The molecule has 1 amide bonds. The molecule has 3 aromatic rings. The Morgan fingerprint density at radius 2 is 1.84 bits per heavy atom. The number of aliphatic imine (C=N–C) groups is 1. The van der Waals surface area contributed by atoms with Gasteiger partial charge < -0.3 is 10.2 Å². The molecule has 0 spiro atoms. The summed E-state index contributed by atoms with van der Waals surface area (Å²) in [5, 5.41) is 11.1. The molecule has 0 unspecified atom stereocenters. The van der Waals surface area contributed by atoms with Gasteiger partial charge in [0.05, 0.1) is 16.4 Å². The van der Waals surface area contributed by atoms with Crippen LogP contribution in [0.5, 0.6) is 0 Å². The number of nitrogens with zero attached hydrogens (tertiary/aromatic N) is 5. The quantitative estimate of drug-likeness (QED) is 0.617. The lowest BCUT2D eigenvalue weighted by molar-refractivity contribution is -0.110. The summed E-state index contributed by atoms with van der Waals surface area (Å²) in [6.07, 6.45) is 0. The molecule has 8 nitrogen and oxygen atoms in total. The van der Waals surface area contributed by atoms with Crippen LogP contribution in [0.15, 0.2) is 52.3 Å². The van der Waals surface area contributed by atoms with Crippen LogP contribution in [0, 0.1) is 13.8 Å². The number of halogens is 1. The van der Waals surface area contributed by atoms with Crippen molar-refractivity contribution in [3.8, 4) is 0 Å². The summed E-state index contributed by atoms with van der Waals surface area (Å²) in [4.78, 5) is 32.2. The van der Waals surface area contributed by atoms with Crippen LogP contribution in [0.1, 0.15) is 17.1 Å². The first-order valence-electron chi connectivity index (χ1n) is 9.52. The highest BCUT2D eigenvalue weighted by Gasteiger charge is 2.22. The summed E-state index contributed by atoms with van der Waals surface area (Å²) in [5.41, 5.74) is 2.68. The van der Waals surface area contributed by atoms with Gasteiger partial charge in [0.15, 0.2) is 11.5 Å². The Labute approximate surface area is 185 Å². The van der Waals surface area contributed by atoms with E-state index in [1.54, 1.807) is 31.2 Å². The van der Waals surface area contributed by atoms with Crippen LogP contribution in [0.4, 0.5) is 17.1 Å². The Balaban J connectivity index is 2.14. The minimum atomic E-state index is -0.558. The van der Waals surface area contributed by atoms with E-state index in [1.165, 1.54) is 11.6 Å². The van der Waals surface area contributed by atoms with Crippen molar-refractivity contribution >= 4 is 40.3 Å². The van der Waals surface area contributed by atoms with Crippen molar-refractivity contribution in [2.24, 2.45) is 12.0 Å². The zero-order valence-corrected chi connectivity index (χ0v) is 18.7. The predicted molar refractivity (Wildman–Crippen MR) is 124 cm³/mol. The summed E-state index contributed by atoms with van der Waals surface area (Å²) in [6, 6.07) is 12.5. The molecule has 0 aliphatic heterocycles. The molecule has 160 valence electrons. The van der Waals surface area contributed by atoms with Crippen LogP contribution in [0.2, 0.25) is 5.02 Å². The molecule has 0 bridgehead atoms. The Hall–Kier alpha value is -3.52. The van der Waals surface area contributed by atoms with E-state index in [9.17, 15) is 9.59 Å². The number of amides is 1. The molecule has 3 rings (SSSR count). The molecule has 0 saturated heterocycles. The maximum atomic E-state index is 13.2. The number of anilines is 2. The summed E-state index contributed by atoms with van der Waals surface area (Å²) in [5.74, 6) is -0.506. The normalized spacial score (nSPS) is 11.4. The first-order valence-corrected chi connectivity index (χ1v) is 9.90. The predicted octanol–water partition coefficient (Wildman–Crippen LogP) is 3.27. The summed E-state index contributed by atoms with van der Waals surface area (Å²) in [6.45, 7) is 3.46. The summed E-state index contributed by atoms with van der Waals surface area (Å²) in [7, 11) is 5.41. The SMILES string of the molecule is Cc1cc(N(C)C)ccc1N=C(C(=O)Nc1ccccc1Cl)c1nnc(C)c(=O)n1C. The molecular weight excluding hydrogens is 416 g/mol. The van der Waals surface area contributed by atoms with Gasteiger partial charge in [0.1, 0.15) is 5.69 Å². The third-order valence-electron chi connectivity index (χ3n) is 4.70. The van der Waals surface area contributed by atoms with Crippen LogP contribution < -0.4 is 15.8 Å².